The van der Waals surface area contributed by atoms with Crippen molar-refractivity contribution in [3.63, 3.8) is 0 Å². The molecule has 0 N–H and O–H groups in total. The summed E-state index contributed by atoms with van der Waals surface area (Å²) >= 11 is 4.94. The molecule has 0 aliphatic rings. The summed E-state index contributed by atoms with van der Waals surface area (Å²) in [6.45, 7) is 0. The third kappa shape index (κ3) is 3.19. The zero-order valence-corrected chi connectivity index (χ0v) is 14.3. The van der Waals surface area contributed by atoms with E-state index in [2.05, 4.69) is 42.7 Å². The first-order valence-electron chi connectivity index (χ1n) is 6.84. The average molecular weight is 357 g/mol. The largest absolute Gasteiger partial charge is 0.240 e. The molecule has 0 saturated heterocycles. The van der Waals surface area contributed by atoms with Gasteiger partial charge in [-0.15, -0.1) is 16.4 Å². The Morgan fingerprint density at radius 2 is 2.00 bits per heavy atom. The van der Waals surface area contributed by atoms with Crippen LogP contribution in [0.5, 0.6) is 0 Å². The molecule has 1 aromatic carbocycles. The van der Waals surface area contributed by atoms with Crippen LogP contribution in [0.15, 0.2) is 57.7 Å². The predicted molar refractivity (Wildman–Crippen MR) is 94.1 cm³/mol. The number of para-hydroxylation sites is 1. The van der Waals surface area contributed by atoms with Crippen LogP contribution in [0, 0.1) is 0 Å². The van der Waals surface area contributed by atoms with E-state index >= 15 is 0 Å². The van der Waals surface area contributed by atoms with Gasteiger partial charge in [0.2, 0.25) is 5.16 Å². The molecule has 114 valence electrons. The number of nitrogens with zero attached hydrogens (tertiary/aromatic N) is 5. The molecule has 0 saturated carbocycles. The van der Waals surface area contributed by atoms with Crippen molar-refractivity contribution < 1.29 is 0 Å². The minimum absolute atomic E-state index is 0.744. The van der Waals surface area contributed by atoms with Gasteiger partial charge in [0.15, 0.2) is 0 Å². The van der Waals surface area contributed by atoms with Crippen LogP contribution in [0.4, 0.5) is 0 Å². The molecule has 4 rings (SSSR count). The Morgan fingerprint density at radius 1 is 1.09 bits per heavy atom. The Morgan fingerprint density at radius 3 is 2.83 bits per heavy atom. The summed E-state index contributed by atoms with van der Waals surface area (Å²) in [5.74, 6) is 0.744. The first kappa shape index (κ1) is 14.6. The molecule has 5 nitrogen and oxygen atoms in total. The van der Waals surface area contributed by atoms with Crippen LogP contribution in [0.2, 0.25) is 0 Å². The van der Waals surface area contributed by atoms with Gasteiger partial charge in [-0.3, -0.25) is 0 Å². The van der Waals surface area contributed by atoms with E-state index in [0.29, 0.717) is 0 Å². The summed E-state index contributed by atoms with van der Waals surface area (Å²) in [5, 5.41) is 20.1. The number of hydrogen-bond acceptors (Lipinski definition) is 7. The van der Waals surface area contributed by atoms with E-state index in [4.69, 9.17) is 0 Å². The van der Waals surface area contributed by atoms with Gasteiger partial charge >= 0.3 is 0 Å². The van der Waals surface area contributed by atoms with Gasteiger partial charge in [-0.05, 0) is 34.0 Å². The van der Waals surface area contributed by atoms with Crippen LogP contribution < -0.4 is 0 Å². The maximum atomic E-state index is 4.68. The molecular weight excluding hydrogens is 346 g/mol. The van der Waals surface area contributed by atoms with Crippen molar-refractivity contribution in [3.8, 4) is 16.3 Å². The Balaban J connectivity index is 1.49. The number of rotatable bonds is 5. The van der Waals surface area contributed by atoms with Crippen molar-refractivity contribution in [2.45, 2.75) is 10.9 Å². The van der Waals surface area contributed by atoms with Crippen molar-refractivity contribution >= 4 is 34.4 Å². The van der Waals surface area contributed by atoms with E-state index in [1.807, 2.05) is 30.3 Å². The van der Waals surface area contributed by atoms with Gasteiger partial charge in [0.25, 0.3) is 0 Å². The Bertz CT molecular complexity index is 883. The van der Waals surface area contributed by atoms with E-state index in [9.17, 15) is 0 Å². The Labute approximate surface area is 145 Å². The van der Waals surface area contributed by atoms with Crippen LogP contribution in [0.25, 0.3) is 16.3 Å². The van der Waals surface area contributed by atoms with Crippen LogP contribution in [0.3, 0.4) is 0 Å². The summed E-state index contributed by atoms with van der Waals surface area (Å²) in [5.41, 5.74) is 3.19. The van der Waals surface area contributed by atoms with Crippen molar-refractivity contribution in [2.24, 2.45) is 0 Å². The zero-order valence-electron chi connectivity index (χ0n) is 11.9. The molecule has 0 spiro atoms. The molecule has 0 unspecified atom stereocenters. The fourth-order valence-corrected chi connectivity index (χ4v) is 4.45. The highest BCUT2D eigenvalue weighted by molar-refractivity contribution is 7.98. The second-order valence-corrected chi connectivity index (χ2v) is 7.23. The van der Waals surface area contributed by atoms with E-state index in [-0.39, 0.29) is 0 Å². The first-order valence-corrected chi connectivity index (χ1v) is 9.64. The monoisotopic (exact) mass is 357 g/mol. The first-order chi connectivity index (χ1) is 11.4. The molecule has 0 aliphatic carbocycles. The number of hydrogen-bond donors (Lipinski definition) is 0. The Kier molecular flexibility index (Phi) is 4.18. The van der Waals surface area contributed by atoms with Gasteiger partial charge < -0.3 is 0 Å². The van der Waals surface area contributed by atoms with E-state index in [1.165, 1.54) is 5.56 Å². The molecule has 0 amide bonds. The number of thiazole rings is 1. The van der Waals surface area contributed by atoms with E-state index < -0.39 is 0 Å². The smallest absolute Gasteiger partial charge is 0.214 e. The normalized spacial score (nSPS) is 11.0. The fraction of sp³-hybridized carbons (Fsp3) is 0.0667. The molecule has 8 heteroatoms. The lowest BCUT2D eigenvalue weighted by molar-refractivity contribution is 0.756. The fourth-order valence-electron chi connectivity index (χ4n) is 2.03. The van der Waals surface area contributed by atoms with Gasteiger partial charge in [-0.25, -0.2) is 4.98 Å². The van der Waals surface area contributed by atoms with Gasteiger partial charge in [-0.2, -0.15) is 16.0 Å². The lowest BCUT2D eigenvalue weighted by Gasteiger charge is -2.02. The predicted octanol–water partition coefficient (Wildman–Crippen LogP) is 4.14. The van der Waals surface area contributed by atoms with Gasteiger partial charge in [0, 0.05) is 22.1 Å². The van der Waals surface area contributed by atoms with Crippen molar-refractivity contribution in [3.05, 3.63) is 58.2 Å². The topological polar surface area (TPSA) is 56.5 Å². The molecule has 0 bridgehead atoms. The maximum Gasteiger partial charge on any atom is 0.214 e. The number of aromatic nitrogens is 5. The lowest BCUT2D eigenvalue weighted by Crippen LogP contribution is -1.98. The number of benzene rings is 1. The Hall–Kier alpha value is -2.03. The quantitative estimate of drug-likeness (QED) is 0.503. The SMILES string of the molecule is c1ccc(-n2nnnc2SCc2csc(-c3ccsc3)n2)cc1. The van der Waals surface area contributed by atoms with Crippen molar-refractivity contribution in [1.29, 1.82) is 0 Å². The highest BCUT2D eigenvalue weighted by Crippen LogP contribution is 2.28. The summed E-state index contributed by atoms with van der Waals surface area (Å²) in [6.07, 6.45) is 0. The molecule has 0 atom stereocenters. The standard InChI is InChI=1S/C15H11N5S3/c1-2-4-13(5-3-1)20-15(17-18-19-20)23-10-12-9-22-14(16-12)11-6-7-21-8-11/h1-9H,10H2. The molecule has 23 heavy (non-hydrogen) atoms. The number of thiophene rings is 1. The minimum atomic E-state index is 0.744. The summed E-state index contributed by atoms with van der Waals surface area (Å²) in [7, 11) is 0. The van der Waals surface area contributed by atoms with Crippen molar-refractivity contribution in [2.75, 3.05) is 0 Å². The van der Waals surface area contributed by atoms with Gasteiger partial charge in [0.05, 0.1) is 11.4 Å². The number of tetrazole rings is 1. The molecule has 0 fully saturated rings. The third-order valence-corrected chi connectivity index (χ3v) is 5.69. The molecular formula is C15H11N5S3. The molecule has 4 aromatic rings. The average Bonchev–Trinajstić information content (AvgIpc) is 3.33. The minimum Gasteiger partial charge on any atom is -0.240 e. The molecule has 0 aliphatic heterocycles. The van der Waals surface area contributed by atoms with Crippen molar-refractivity contribution in [1.82, 2.24) is 25.2 Å². The third-order valence-electron chi connectivity index (χ3n) is 3.11. The van der Waals surface area contributed by atoms with E-state index in [0.717, 1.165) is 27.3 Å². The highest BCUT2D eigenvalue weighted by Gasteiger charge is 2.11. The second kappa shape index (κ2) is 6.61. The molecule has 0 radical (unpaired) electrons. The highest BCUT2D eigenvalue weighted by atomic mass is 32.2. The summed E-state index contributed by atoms with van der Waals surface area (Å²) in [4.78, 5) is 4.68. The summed E-state index contributed by atoms with van der Waals surface area (Å²) < 4.78 is 1.75. The van der Waals surface area contributed by atoms with E-state index in [1.54, 1.807) is 39.1 Å². The van der Waals surface area contributed by atoms with Gasteiger partial charge in [-0.1, -0.05) is 30.0 Å². The molecule has 3 heterocycles. The lowest BCUT2D eigenvalue weighted by atomic mass is 10.3. The molecule has 3 aromatic heterocycles. The number of thioether (sulfide) groups is 1. The summed E-state index contributed by atoms with van der Waals surface area (Å²) in [6, 6.07) is 12.0. The van der Waals surface area contributed by atoms with Crippen LogP contribution >= 0.6 is 34.4 Å². The van der Waals surface area contributed by atoms with Crippen LogP contribution in [-0.2, 0) is 5.75 Å². The second-order valence-electron chi connectivity index (χ2n) is 4.65. The van der Waals surface area contributed by atoms with Crippen LogP contribution in [0.1, 0.15) is 5.69 Å². The van der Waals surface area contributed by atoms with Crippen LogP contribution in [-0.4, -0.2) is 25.2 Å². The zero-order chi connectivity index (χ0) is 15.5. The maximum absolute atomic E-state index is 4.68. The van der Waals surface area contributed by atoms with Gasteiger partial charge in [0.1, 0.15) is 5.01 Å².